The van der Waals surface area contributed by atoms with Gasteiger partial charge in [0.05, 0.1) is 4.88 Å². The monoisotopic (exact) mass is 314 g/mol. The fourth-order valence-corrected chi connectivity index (χ4v) is 4.26. The summed E-state index contributed by atoms with van der Waals surface area (Å²) in [6.45, 7) is 6.53. The van der Waals surface area contributed by atoms with E-state index in [1.54, 1.807) is 11.3 Å². The minimum Gasteiger partial charge on any atom is -0.293 e. The third kappa shape index (κ3) is 2.65. The van der Waals surface area contributed by atoms with Crippen LogP contribution in [0, 0.1) is 18.3 Å². The number of Topliss-reactive ketones (excluding diaryl/α,β-unsaturated/α-hetero) is 1. The number of rotatable bonds is 2. The molecule has 1 aromatic rings. The fraction of sp³-hybridized carbons (Fsp3) is 0.643. The molecule has 0 aromatic carbocycles. The number of carbonyl (C=O) groups excluding carboxylic acids is 1. The zero-order chi connectivity index (χ0) is 12.6. The number of thiophene rings is 1. The summed E-state index contributed by atoms with van der Waals surface area (Å²) in [5, 5.41) is 0. The van der Waals surface area contributed by atoms with E-state index in [9.17, 15) is 4.79 Å². The number of halogens is 1. The predicted molar refractivity (Wildman–Crippen MR) is 76.8 cm³/mol. The lowest BCUT2D eigenvalue weighted by molar-refractivity contribution is 0.0702. The molecule has 17 heavy (non-hydrogen) atoms. The zero-order valence-corrected chi connectivity index (χ0v) is 13.1. The van der Waals surface area contributed by atoms with Gasteiger partial charge in [0.25, 0.3) is 0 Å². The second-order valence-corrected chi connectivity index (χ2v) is 7.78. The SMILES string of the molecule is Cc1sc(C(=O)C2CCCCC2(C)C)cc1Br. The summed E-state index contributed by atoms with van der Waals surface area (Å²) in [5.41, 5.74) is 0.166. The average Bonchev–Trinajstić information content (AvgIpc) is 2.58. The number of ketones is 1. The largest absolute Gasteiger partial charge is 0.293 e. The molecule has 1 nitrogen and oxygen atoms in total. The molecule has 3 heteroatoms. The molecule has 1 saturated carbocycles. The van der Waals surface area contributed by atoms with Crippen molar-refractivity contribution in [3.05, 3.63) is 20.3 Å². The number of carbonyl (C=O) groups is 1. The molecule has 1 fully saturated rings. The highest BCUT2D eigenvalue weighted by Gasteiger charge is 2.37. The number of hydrogen-bond acceptors (Lipinski definition) is 2. The van der Waals surface area contributed by atoms with Gasteiger partial charge in [0.2, 0.25) is 0 Å². The Balaban J connectivity index is 2.24. The number of hydrogen-bond donors (Lipinski definition) is 0. The van der Waals surface area contributed by atoms with Crippen LogP contribution >= 0.6 is 27.3 Å². The van der Waals surface area contributed by atoms with E-state index in [0.29, 0.717) is 5.78 Å². The fourth-order valence-electron chi connectivity index (χ4n) is 2.73. The van der Waals surface area contributed by atoms with Gasteiger partial charge in [0.1, 0.15) is 0 Å². The first-order valence-corrected chi connectivity index (χ1v) is 7.83. The van der Waals surface area contributed by atoms with Crippen molar-refractivity contribution in [2.75, 3.05) is 0 Å². The molecule has 0 N–H and O–H groups in total. The van der Waals surface area contributed by atoms with Gasteiger partial charge < -0.3 is 0 Å². The van der Waals surface area contributed by atoms with E-state index in [0.717, 1.165) is 15.8 Å². The highest BCUT2D eigenvalue weighted by molar-refractivity contribution is 9.10. The van der Waals surface area contributed by atoms with Gasteiger partial charge in [0.15, 0.2) is 5.78 Å². The zero-order valence-electron chi connectivity index (χ0n) is 10.7. The summed E-state index contributed by atoms with van der Waals surface area (Å²) in [5.74, 6) is 0.565. The summed E-state index contributed by atoms with van der Waals surface area (Å²) < 4.78 is 1.07. The predicted octanol–water partition coefficient (Wildman–Crippen LogP) is 5.22. The van der Waals surface area contributed by atoms with Crippen LogP contribution in [-0.4, -0.2) is 5.78 Å². The molecule has 1 heterocycles. The smallest absolute Gasteiger partial charge is 0.176 e. The third-order valence-electron chi connectivity index (χ3n) is 3.92. The topological polar surface area (TPSA) is 17.1 Å². The first-order chi connectivity index (χ1) is 7.92. The van der Waals surface area contributed by atoms with Gasteiger partial charge >= 0.3 is 0 Å². The van der Waals surface area contributed by atoms with Crippen LogP contribution in [0.4, 0.5) is 0 Å². The van der Waals surface area contributed by atoms with Gasteiger partial charge in [0, 0.05) is 15.3 Å². The lowest BCUT2D eigenvalue weighted by Crippen LogP contribution is -2.33. The van der Waals surface area contributed by atoms with Crippen molar-refractivity contribution in [1.82, 2.24) is 0 Å². The second kappa shape index (κ2) is 4.85. The quantitative estimate of drug-likeness (QED) is 0.684. The highest BCUT2D eigenvalue weighted by Crippen LogP contribution is 2.43. The molecule has 2 rings (SSSR count). The maximum atomic E-state index is 12.6. The Kier molecular flexibility index (Phi) is 3.79. The molecule has 0 spiro atoms. The van der Waals surface area contributed by atoms with E-state index in [1.807, 2.05) is 6.07 Å². The Bertz CT molecular complexity index is 414. The van der Waals surface area contributed by atoms with Crippen molar-refractivity contribution < 1.29 is 4.79 Å². The van der Waals surface area contributed by atoms with Crippen molar-refractivity contribution in [2.24, 2.45) is 11.3 Å². The van der Waals surface area contributed by atoms with E-state index in [2.05, 4.69) is 36.7 Å². The Hall–Kier alpha value is -0.150. The number of aryl methyl sites for hydroxylation is 1. The molecular formula is C14H19BrOS. The third-order valence-corrected chi connectivity index (χ3v) is 6.07. The molecule has 1 aromatic heterocycles. The van der Waals surface area contributed by atoms with Crippen LogP contribution < -0.4 is 0 Å². The summed E-state index contributed by atoms with van der Waals surface area (Å²) in [6, 6.07) is 1.99. The first-order valence-electron chi connectivity index (χ1n) is 6.22. The highest BCUT2D eigenvalue weighted by atomic mass is 79.9. The van der Waals surface area contributed by atoms with Gasteiger partial charge in [-0.25, -0.2) is 0 Å². The second-order valence-electron chi connectivity index (χ2n) is 5.67. The van der Waals surface area contributed by atoms with Crippen LogP contribution in [0.1, 0.15) is 54.1 Å². The van der Waals surface area contributed by atoms with Crippen LogP contribution in [0.2, 0.25) is 0 Å². The van der Waals surface area contributed by atoms with Crippen LogP contribution in [0.3, 0.4) is 0 Å². The van der Waals surface area contributed by atoms with Crippen molar-refractivity contribution >= 4 is 33.0 Å². The average molecular weight is 315 g/mol. The van der Waals surface area contributed by atoms with E-state index in [4.69, 9.17) is 0 Å². The van der Waals surface area contributed by atoms with Gasteiger partial charge in [-0.2, -0.15) is 0 Å². The summed E-state index contributed by atoms with van der Waals surface area (Å²) in [6.07, 6.45) is 4.70. The maximum absolute atomic E-state index is 12.6. The molecule has 0 amide bonds. The van der Waals surface area contributed by atoms with E-state index >= 15 is 0 Å². The lowest BCUT2D eigenvalue weighted by atomic mass is 9.67. The molecule has 1 unspecified atom stereocenters. The molecule has 0 bridgehead atoms. The normalized spacial score (nSPS) is 23.6. The van der Waals surface area contributed by atoms with Gasteiger partial charge in [-0.05, 0) is 47.2 Å². The lowest BCUT2D eigenvalue weighted by Gasteiger charge is -2.37. The summed E-state index contributed by atoms with van der Waals surface area (Å²) in [7, 11) is 0. The van der Waals surface area contributed by atoms with Crippen LogP contribution in [0.15, 0.2) is 10.5 Å². The van der Waals surface area contributed by atoms with E-state index in [-0.39, 0.29) is 11.3 Å². The molecule has 0 radical (unpaired) electrons. The van der Waals surface area contributed by atoms with Crippen LogP contribution in [-0.2, 0) is 0 Å². The maximum Gasteiger partial charge on any atom is 0.176 e. The van der Waals surface area contributed by atoms with Crippen molar-refractivity contribution in [2.45, 2.75) is 46.5 Å². The molecule has 1 aliphatic rings. The minimum atomic E-state index is 0.166. The van der Waals surface area contributed by atoms with Crippen LogP contribution in [0.25, 0.3) is 0 Å². The van der Waals surface area contributed by atoms with E-state index < -0.39 is 0 Å². The Labute approximate surface area is 116 Å². The first kappa shape index (κ1) is 13.3. The Morgan fingerprint density at radius 1 is 1.47 bits per heavy atom. The van der Waals surface area contributed by atoms with Gasteiger partial charge in [-0.3, -0.25) is 4.79 Å². The molecule has 1 aliphatic carbocycles. The van der Waals surface area contributed by atoms with Crippen molar-refractivity contribution in [3.8, 4) is 0 Å². The van der Waals surface area contributed by atoms with Crippen molar-refractivity contribution in [3.63, 3.8) is 0 Å². The standard InChI is InChI=1S/C14H19BrOS/c1-9-11(15)8-12(17-9)13(16)10-6-4-5-7-14(10,2)3/h8,10H,4-7H2,1-3H3. The molecule has 94 valence electrons. The van der Waals surface area contributed by atoms with Gasteiger partial charge in [-0.15, -0.1) is 11.3 Å². The molecule has 0 aliphatic heterocycles. The minimum absolute atomic E-state index is 0.166. The Morgan fingerprint density at radius 2 is 2.18 bits per heavy atom. The molecular weight excluding hydrogens is 296 g/mol. The summed E-state index contributed by atoms with van der Waals surface area (Å²) >= 11 is 5.12. The molecule has 0 saturated heterocycles. The van der Waals surface area contributed by atoms with Crippen LogP contribution in [0.5, 0.6) is 0 Å². The summed E-state index contributed by atoms with van der Waals surface area (Å²) in [4.78, 5) is 14.7. The van der Waals surface area contributed by atoms with E-state index in [1.165, 1.54) is 24.1 Å². The molecule has 1 atom stereocenters. The van der Waals surface area contributed by atoms with Gasteiger partial charge in [-0.1, -0.05) is 26.7 Å². The van der Waals surface area contributed by atoms with Crippen molar-refractivity contribution in [1.29, 1.82) is 0 Å². The Morgan fingerprint density at radius 3 is 2.71 bits per heavy atom.